The van der Waals surface area contributed by atoms with Crippen molar-refractivity contribution in [1.82, 2.24) is 15.0 Å². The molecule has 1 amide bonds. The van der Waals surface area contributed by atoms with E-state index in [2.05, 4.69) is 25.6 Å². The number of carbonyl (C=O) groups excluding carboxylic acids is 1. The first-order valence-corrected chi connectivity index (χ1v) is 9.97. The van der Waals surface area contributed by atoms with Crippen LogP contribution in [-0.4, -0.2) is 40.1 Å². The number of hydrogen-bond acceptors (Lipinski definition) is 7. The zero-order valence-electron chi connectivity index (χ0n) is 16.9. The van der Waals surface area contributed by atoms with Crippen LogP contribution in [0.1, 0.15) is 12.5 Å². The lowest BCUT2D eigenvalue weighted by Gasteiger charge is -2.38. The van der Waals surface area contributed by atoms with Gasteiger partial charge >= 0.3 is 0 Å². The van der Waals surface area contributed by atoms with E-state index in [1.165, 1.54) is 25.4 Å². The van der Waals surface area contributed by atoms with Gasteiger partial charge in [-0.2, -0.15) is 4.98 Å². The summed E-state index contributed by atoms with van der Waals surface area (Å²) < 4.78 is 19.3. The maximum absolute atomic E-state index is 13.6. The maximum atomic E-state index is 13.6. The fourth-order valence-corrected chi connectivity index (χ4v) is 3.25. The topological polar surface area (TPSA) is 92.3 Å². The lowest BCUT2D eigenvalue weighted by molar-refractivity contribution is -0.114. The molecule has 31 heavy (non-hydrogen) atoms. The zero-order chi connectivity index (χ0) is 22.0. The van der Waals surface area contributed by atoms with Crippen molar-refractivity contribution in [3.05, 3.63) is 59.1 Å². The summed E-state index contributed by atoms with van der Waals surface area (Å²) in [4.78, 5) is 26.2. The Kier molecular flexibility index (Phi) is 5.85. The molecule has 1 fully saturated rings. The Morgan fingerprint density at radius 3 is 2.74 bits per heavy atom. The first-order valence-electron chi connectivity index (χ1n) is 9.59. The monoisotopic (exact) mass is 442 g/mol. The lowest BCUT2D eigenvalue weighted by atomic mass is 10.1. The van der Waals surface area contributed by atoms with Gasteiger partial charge in [-0.25, -0.2) is 14.4 Å². The third-order valence-electron chi connectivity index (χ3n) is 4.77. The van der Waals surface area contributed by atoms with Crippen LogP contribution in [0.25, 0.3) is 0 Å². The second-order valence-corrected chi connectivity index (χ2v) is 7.52. The van der Waals surface area contributed by atoms with Crippen molar-refractivity contribution in [2.24, 2.45) is 0 Å². The summed E-state index contributed by atoms with van der Waals surface area (Å²) in [5.41, 5.74) is 2.36. The lowest BCUT2D eigenvalue weighted by Crippen LogP contribution is -2.54. The number of ether oxygens (including phenoxy) is 1. The van der Waals surface area contributed by atoms with Crippen molar-refractivity contribution in [2.75, 3.05) is 28.6 Å². The third-order valence-corrected chi connectivity index (χ3v) is 5.08. The first-order chi connectivity index (χ1) is 14.9. The second kappa shape index (κ2) is 8.73. The molecule has 160 valence electrons. The third kappa shape index (κ3) is 4.83. The van der Waals surface area contributed by atoms with Gasteiger partial charge in [0.25, 0.3) is 0 Å². The Morgan fingerprint density at radius 1 is 1.23 bits per heavy atom. The molecule has 1 aliphatic heterocycles. The number of amides is 1. The van der Waals surface area contributed by atoms with Crippen molar-refractivity contribution in [3.8, 4) is 5.75 Å². The van der Waals surface area contributed by atoms with Crippen LogP contribution in [0.15, 0.2) is 42.7 Å². The van der Waals surface area contributed by atoms with Crippen LogP contribution in [0.5, 0.6) is 5.75 Å². The molecule has 1 aromatic heterocycles. The molecule has 2 aromatic carbocycles. The standard InChI is InChI=1S/C21H20ClFN6O2/c1-12-18(26-13(2)30)4-3-5-19(12)27-20-24-11-25-21(28-20)29-9-15(10-29)31-14-6-7-16(22)17(23)8-14/h3-8,11,15H,9-10H2,1-2H3,(H,26,30)(H,24,25,27,28). The predicted molar refractivity (Wildman–Crippen MR) is 117 cm³/mol. The molecule has 0 atom stereocenters. The largest absolute Gasteiger partial charge is 0.487 e. The van der Waals surface area contributed by atoms with Gasteiger partial charge < -0.3 is 20.3 Å². The van der Waals surface area contributed by atoms with Crippen LogP contribution in [0.4, 0.5) is 27.7 Å². The number of benzene rings is 2. The Hall–Kier alpha value is -3.46. The quantitative estimate of drug-likeness (QED) is 0.597. The number of nitrogens with zero attached hydrogens (tertiary/aromatic N) is 4. The molecular weight excluding hydrogens is 423 g/mol. The Balaban J connectivity index is 1.39. The van der Waals surface area contributed by atoms with Gasteiger partial charge in [0.2, 0.25) is 17.8 Å². The highest BCUT2D eigenvalue weighted by atomic mass is 35.5. The van der Waals surface area contributed by atoms with Gasteiger partial charge in [0.1, 0.15) is 24.0 Å². The van der Waals surface area contributed by atoms with E-state index in [1.807, 2.05) is 30.0 Å². The Labute approximate surface area is 183 Å². The van der Waals surface area contributed by atoms with Crippen molar-refractivity contribution >= 4 is 40.8 Å². The maximum Gasteiger partial charge on any atom is 0.232 e. The fraction of sp³-hybridized carbons (Fsp3) is 0.238. The fourth-order valence-electron chi connectivity index (χ4n) is 3.14. The highest BCUT2D eigenvalue weighted by Crippen LogP contribution is 2.27. The average molecular weight is 443 g/mol. The molecular formula is C21H20ClFN6O2. The minimum absolute atomic E-state index is 0.0608. The molecule has 0 bridgehead atoms. The van der Waals surface area contributed by atoms with Crippen LogP contribution < -0.4 is 20.3 Å². The molecule has 8 nitrogen and oxygen atoms in total. The summed E-state index contributed by atoms with van der Waals surface area (Å²) in [6.45, 7) is 4.48. The van der Waals surface area contributed by atoms with Crippen LogP contribution in [0.3, 0.4) is 0 Å². The number of carbonyl (C=O) groups is 1. The zero-order valence-corrected chi connectivity index (χ0v) is 17.7. The summed E-state index contributed by atoms with van der Waals surface area (Å²) in [5, 5.41) is 6.02. The number of nitrogens with one attached hydrogen (secondary N) is 2. The van der Waals surface area contributed by atoms with Crippen molar-refractivity contribution in [1.29, 1.82) is 0 Å². The molecule has 4 rings (SSSR count). The molecule has 2 N–H and O–H groups in total. The van der Waals surface area contributed by atoms with Crippen LogP contribution in [0.2, 0.25) is 5.02 Å². The minimum Gasteiger partial charge on any atom is -0.487 e. The van der Waals surface area contributed by atoms with E-state index < -0.39 is 5.82 Å². The van der Waals surface area contributed by atoms with E-state index in [4.69, 9.17) is 16.3 Å². The number of aromatic nitrogens is 3. The minimum atomic E-state index is -0.513. The molecule has 0 radical (unpaired) electrons. The van der Waals surface area contributed by atoms with Crippen molar-refractivity contribution in [2.45, 2.75) is 20.0 Å². The molecule has 0 saturated carbocycles. The normalized spacial score (nSPS) is 13.5. The first kappa shape index (κ1) is 20.8. The SMILES string of the molecule is CC(=O)Nc1cccc(Nc2ncnc(N3CC(Oc4ccc(Cl)c(F)c4)C3)n2)c1C. The van der Waals surface area contributed by atoms with E-state index in [9.17, 15) is 9.18 Å². The highest BCUT2D eigenvalue weighted by Gasteiger charge is 2.31. The molecule has 2 heterocycles. The van der Waals surface area contributed by atoms with Gasteiger partial charge in [-0.05, 0) is 36.8 Å². The summed E-state index contributed by atoms with van der Waals surface area (Å²) >= 11 is 5.70. The molecule has 1 saturated heterocycles. The molecule has 10 heteroatoms. The van der Waals surface area contributed by atoms with Crippen molar-refractivity contribution < 1.29 is 13.9 Å². The van der Waals surface area contributed by atoms with Gasteiger partial charge in [0.05, 0.1) is 18.1 Å². The summed E-state index contributed by atoms with van der Waals surface area (Å²) in [7, 11) is 0. The van der Waals surface area contributed by atoms with Crippen LogP contribution in [0, 0.1) is 12.7 Å². The second-order valence-electron chi connectivity index (χ2n) is 7.11. The van der Waals surface area contributed by atoms with E-state index in [1.54, 1.807) is 6.07 Å². The number of anilines is 4. The number of rotatable bonds is 6. The smallest absolute Gasteiger partial charge is 0.232 e. The molecule has 1 aliphatic rings. The Morgan fingerprint density at radius 2 is 2.00 bits per heavy atom. The predicted octanol–water partition coefficient (Wildman–Crippen LogP) is 3.94. The number of halogens is 2. The van der Waals surface area contributed by atoms with Crippen molar-refractivity contribution in [3.63, 3.8) is 0 Å². The van der Waals surface area contributed by atoms with Gasteiger partial charge in [0.15, 0.2) is 0 Å². The van der Waals surface area contributed by atoms with E-state index >= 15 is 0 Å². The summed E-state index contributed by atoms with van der Waals surface area (Å²) in [5.74, 6) is 0.673. The van der Waals surface area contributed by atoms with Crippen LogP contribution >= 0.6 is 11.6 Å². The van der Waals surface area contributed by atoms with Crippen LogP contribution in [-0.2, 0) is 4.79 Å². The Bertz CT molecular complexity index is 1120. The molecule has 0 spiro atoms. The number of hydrogen-bond donors (Lipinski definition) is 2. The molecule has 0 aliphatic carbocycles. The van der Waals surface area contributed by atoms with E-state index in [0.717, 1.165) is 11.3 Å². The summed E-state index contributed by atoms with van der Waals surface area (Å²) in [6.07, 6.45) is 1.32. The van der Waals surface area contributed by atoms with Gasteiger partial charge in [-0.3, -0.25) is 4.79 Å². The molecule has 3 aromatic rings. The average Bonchev–Trinajstić information content (AvgIpc) is 2.70. The van der Waals surface area contributed by atoms with E-state index in [0.29, 0.717) is 36.4 Å². The van der Waals surface area contributed by atoms with Gasteiger partial charge in [-0.1, -0.05) is 17.7 Å². The van der Waals surface area contributed by atoms with Gasteiger partial charge in [-0.15, -0.1) is 0 Å². The summed E-state index contributed by atoms with van der Waals surface area (Å²) in [6, 6.07) is 9.91. The molecule has 0 unspecified atom stereocenters. The highest BCUT2D eigenvalue weighted by molar-refractivity contribution is 6.30. The van der Waals surface area contributed by atoms with E-state index in [-0.39, 0.29) is 17.0 Å². The van der Waals surface area contributed by atoms with Gasteiger partial charge in [0, 0.05) is 24.4 Å².